The number of amidine groups is 1. The Morgan fingerprint density at radius 3 is 2.95 bits per heavy atom. The lowest BCUT2D eigenvalue weighted by Crippen LogP contribution is -2.24. The lowest BCUT2D eigenvalue weighted by molar-refractivity contribution is 0.852. The first kappa shape index (κ1) is 15.6. The number of hydrogen-bond donors (Lipinski definition) is 3. The van der Waals surface area contributed by atoms with Crippen molar-refractivity contribution in [2.45, 2.75) is 20.3 Å². The van der Waals surface area contributed by atoms with E-state index in [1.807, 2.05) is 26.1 Å². The molecule has 0 aliphatic rings. The van der Waals surface area contributed by atoms with Gasteiger partial charge in [0.25, 0.3) is 0 Å². The Balaban J connectivity index is 2.58. The zero-order chi connectivity index (χ0) is 15.0. The molecule has 0 amide bonds. The Morgan fingerprint density at radius 1 is 1.60 bits per heavy atom. The van der Waals surface area contributed by atoms with E-state index in [0.29, 0.717) is 11.4 Å². The zero-order valence-electron chi connectivity index (χ0n) is 12.0. The van der Waals surface area contributed by atoms with Gasteiger partial charge in [-0.15, -0.1) is 0 Å². The van der Waals surface area contributed by atoms with E-state index in [1.54, 1.807) is 6.20 Å². The van der Waals surface area contributed by atoms with E-state index in [-0.39, 0.29) is 0 Å². The molecule has 1 rings (SSSR count). The van der Waals surface area contributed by atoms with Crippen molar-refractivity contribution in [2.24, 2.45) is 10.7 Å². The van der Waals surface area contributed by atoms with Crippen LogP contribution in [0.25, 0.3) is 0 Å². The largest absolute Gasteiger partial charge is 0.383 e. The number of aliphatic imine (C=N–C) groups is 1. The molecule has 0 spiro atoms. The Hall–Kier alpha value is -2.43. The van der Waals surface area contributed by atoms with E-state index in [0.717, 1.165) is 25.0 Å². The van der Waals surface area contributed by atoms with Gasteiger partial charge in [-0.2, -0.15) is 0 Å². The second kappa shape index (κ2) is 7.89. The first-order valence-corrected chi connectivity index (χ1v) is 6.39. The smallest absolute Gasteiger partial charge is 0.134 e. The lowest BCUT2D eigenvalue weighted by atomic mass is 10.1. The molecule has 0 bridgehead atoms. The van der Waals surface area contributed by atoms with Gasteiger partial charge in [-0.3, -0.25) is 4.98 Å². The van der Waals surface area contributed by atoms with Crippen LogP contribution < -0.4 is 11.1 Å². The highest BCUT2D eigenvalue weighted by Crippen LogP contribution is 2.05. The summed E-state index contributed by atoms with van der Waals surface area (Å²) in [5.74, 6) is 1.01. The topological polar surface area (TPSA) is 87.2 Å². The quantitative estimate of drug-likeness (QED) is 0.420. The van der Waals surface area contributed by atoms with Crippen LogP contribution in [0.5, 0.6) is 0 Å². The number of nitrogens with zero attached hydrogens (tertiary/aromatic N) is 2. The Morgan fingerprint density at radius 2 is 2.35 bits per heavy atom. The number of aromatic nitrogens is 1. The van der Waals surface area contributed by atoms with Gasteiger partial charge in [0.15, 0.2) is 0 Å². The minimum Gasteiger partial charge on any atom is -0.383 e. The van der Waals surface area contributed by atoms with Crippen LogP contribution in [0.15, 0.2) is 47.5 Å². The van der Waals surface area contributed by atoms with Crippen molar-refractivity contribution >= 4 is 12.1 Å². The van der Waals surface area contributed by atoms with E-state index in [4.69, 9.17) is 11.1 Å². The molecule has 0 saturated carbocycles. The average molecular weight is 271 g/mol. The molecule has 1 aromatic rings. The number of allylic oxidation sites excluding steroid dienone is 2. The molecule has 4 N–H and O–H groups in total. The van der Waals surface area contributed by atoms with Gasteiger partial charge in [-0.05, 0) is 37.5 Å². The van der Waals surface area contributed by atoms with Gasteiger partial charge in [0.1, 0.15) is 11.7 Å². The van der Waals surface area contributed by atoms with Gasteiger partial charge in [0.2, 0.25) is 0 Å². The van der Waals surface area contributed by atoms with E-state index in [1.165, 1.54) is 17.2 Å². The summed E-state index contributed by atoms with van der Waals surface area (Å²) in [5.41, 5.74) is 8.72. The minimum atomic E-state index is 0.292. The van der Waals surface area contributed by atoms with Gasteiger partial charge < -0.3 is 16.5 Å². The summed E-state index contributed by atoms with van der Waals surface area (Å²) < 4.78 is 0. The maximum absolute atomic E-state index is 7.18. The molecular weight excluding hydrogens is 250 g/mol. The van der Waals surface area contributed by atoms with E-state index < -0.39 is 0 Å². The van der Waals surface area contributed by atoms with Crippen LogP contribution in [-0.4, -0.2) is 23.6 Å². The summed E-state index contributed by atoms with van der Waals surface area (Å²) in [4.78, 5) is 8.27. The molecule has 0 aromatic carbocycles. The predicted molar refractivity (Wildman–Crippen MR) is 84.0 cm³/mol. The fourth-order valence-corrected chi connectivity index (χ4v) is 1.68. The Kier molecular flexibility index (Phi) is 6.16. The van der Waals surface area contributed by atoms with Crippen LogP contribution in [0.2, 0.25) is 0 Å². The molecule has 5 nitrogen and oxygen atoms in total. The van der Waals surface area contributed by atoms with Gasteiger partial charge >= 0.3 is 0 Å². The molecule has 106 valence electrons. The van der Waals surface area contributed by atoms with Crippen LogP contribution >= 0.6 is 0 Å². The standard InChI is InChI=1S/C15H21N5/c1-4-13(9-16)15(17)20-12(3)19-8-6-14-5-7-18-10-11(14)2/h4-5,7,9-10,16H,1,6,8,17H2,2-3H3,(H,19,20)/b15-13+,16-9?. The van der Waals surface area contributed by atoms with Gasteiger partial charge in [-0.25, -0.2) is 4.99 Å². The minimum absolute atomic E-state index is 0.292. The summed E-state index contributed by atoms with van der Waals surface area (Å²) in [6.45, 7) is 8.24. The predicted octanol–water partition coefficient (Wildman–Crippen LogP) is 1.95. The first-order chi connectivity index (χ1) is 9.58. The second-order valence-corrected chi connectivity index (χ2v) is 4.37. The number of nitrogens with one attached hydrogen (secondary N) is 2. The van der Waals surface area contributed by atoms with Gasteiger partial charge in [0.05, 0.1) is 0 Å². The fourth-order valence-electron chi connectivity index (χ4n) is 1.68. The third-order valence-electron chi connectivity index (χ3n) is 2.87. The van der Waals surface area contributed by atoms with E-state index in [9.17, 15) is 0 Å². The molecule has 1 aromatic heterocycles. The van der Waals surface area contributed by atoms with Crippen molar-refractivity contribution in [2.75, 3.05) is 6.54 Å². The summed E-state index contributed by atoms with van der Waals surface area (Å²) in [6.07, 6.45) is 7.20. The summed E-state index contributed by atoms with van der Waals surface area (Å²) in [6, 6.07) is 2.02. The number of aryl methyl sites for hydroxylation is 1. The van der Waals surface area contributed by atoms with Crippen molar-refractivity contribution in [1.29, 1.82) is 5.41 Å². The van der Waals surface area contributed by atoms with Crippen LogP contribution in [0.4, 0.5) is 0 Å². The second-order valence-electron chi connectivity index (χ2n) is 4.37. The maximum atomic E-state index is 7.18. The third kappa shape index (κ3) is 4.68. The van der Waals surface area contributed by atoms with Crippen LogP contribution in [0.3, 0.4) is 0 Å². The van der Waals surface area contributed by atoms with Crippen LogP contribution in [0.1, 0.15) is 18.1 Å². The van der Waals surface area contributed by atoms with Crippen molar-refractivity contribution < 1.29 is 0 Å². The van der Waals surface area contributed by atoms with E-state index >= 15 is 0 Å². The van der Waals surface area contributed by atoms with Crippen molar-refractivity contribution in [3.05, 3.63) is 53.6 Å². The summed E-state index contributed by atoms with van der Waals surface area (Å²) in [5, 5.41) is 10.4. The maximum Gasteiger partial charge on any atom is 0.134 e. The number of hydrogen-bond acceptors (Lipinski definition) is 4. The average Bonchev–Trinajstić information content (AvgIpc) is 2.42. The van der Waals surface area contributed by atoms with Crippen molar-refractivity contribution in [3.8, 4) is 0 Å². The molecule has 0 saturated heterocycles. The molecule has 20 heavy (non-hydrogen) atoms. The van der Waals surface area contributed by atoms with Crippen molar-refractivity contribution in [1.82, 2.24) is 10.3 Å². The Bertz CT molecular complexity index is 533. The molecule has 5 heteroatoms. The fraction of sp³-hybridized carbons (Fsp3) is 0.267. The molecule has 0 unspecified atom stereocenters. The molecule has 0 aliphatic heterocycles. The zero-order valence-corrected chi connectivity index (χ0v) is 12.0. The molecule has 0 atom stereocenters. The molecule has 0 aliphatic carbocycles. The SMILES string of the molecule is C=C/C(C=N)=C(N)\N=C(/C)NCCc1ccncc1C. The number of rotatable bonds is 6. The van der Waals surface area contributed by atoms with E-state index in [2.05, 4.69) is 21.9 Å². The number of pyridine rings is 1. The normalized spacial score (nSPS) is 12.6. The molecule has 1 heterocycles. The monoisotopic (exact) mass is 271 g/mol. The number of nitrogens with two attached hydrogens (primary N) is 1. The van der Waals surface area contributed by atoms with Crippen LogP contribution in [-0.2, 0) is 6.42 Å². The highest BCUT2D eigenvalue weighted by Gasteiger charge is 1.99. The molecule has 0 radical (unpaired) electrons. The highest BCUT2D eigenvalue weighted by molar-refractivity contribution is 5.84. The Labute approximate surface area is 119 Å². The summed E-state index contributed by atoms with van der Waals surface area (Å²) >= 11 is 0. The molecular formula is C15H21N5. The van der Waals surface area contributed by atoms with Gasteiger partial charge in [0, 0.05) is 30.7 Å². The third-order valence-corrected chi connectivity index (χ3v) is 2.87. The highest BCUT2D eigenvalue weighted by atomic mass is 15.0. The summed E-state index contributed by atoms with van der Waals surface area (Å²) in [7, 11) is 0. The molecule has 0 fully saturated rings. The van der Waals surface area contributed by atoms with Crippen LogP contribution in [0, 0.1) is 12.3 Å². The first-order valence-electron chi connectivity index (χ1n) is 6.39. The lowest BCUT2D eigenvalue weighted by Gasteiger charge is -2.08. The van der Waals surface area contributed by atoms with Gasteiger partial charge in [-0.1, -0.05) is 12.7 Å². The van der Waals surface area contributed by atoms with Crippen molar-refractivity contribution in [3.63, 3.8) is 0 Å².